The van der Waals surface area contributed by atoms with Gasteiger partial charge in [-0.25, -0.2) is 14.5 Å². The number of aryl methyl sites for hydroxylation is 1. The van der Waals surface area contributed by atoms with Crippen molar-refractivity contribution in [2.45, 2.75) is 23.6 Å². The van der Waals surface area contributed by atoms with Crippen molar-refractivity contribution in [1.82, 2.24) is 24.1 Å². The molecule has 0 amide bonds. The van der Waals surface area contributed by atoms with E-state index in [1.165, 1.54) is 5.52 Å². The summed E-state index contributed by atoms with van der Waals surface area (Å²) in [6.07, 6.45) is 1.99. The Hall–Kier alpha value is -2.16. The molecule has 0 saturated carbocycles. The van der Waals surface area contributed by atoms with E-state index in [-0.39, 0.29) is 0 Å². The summed E-state index contributed by atoms with van der Waals surface area (Å²) in [6, 6.07) is 16.5. The number of halogens is 1. The van der Waals surface area contributed by atoms with Crippen molar-refractivity contribution in [1.29, 1.82) is 0 Å². The second-order valence-corrected chi connectivity index (χ2v) is 9.37. The molecule has 0 unspecified atom stereocenters. The molecule has 0 saturated heterocycles. The lowest BCUT2D eigenvalue weighted by Gasteiger charge is -2.04. The Morgan fingerprint density at radius 2 is 1.89 bits per heavy atom. The fourth-order valence-electron chi connectivity index (χ4n) is 3.21. The molecule has 3 aromatic heterocycles. The summed E-state index contributed by atoms with van der Waals surface area (Å²) < 4.78 is 6.20. The monoisotopic (exact) mass is 469 g/mol. The molecule has 5 rings (SSSR count). The molecule has 0 bridgehead atoms. The van der Waals surface area contributed by atoms with Gasteiger partial charge in [0, 0.05) is 16.6 Å². The number of aromatic nitrogens is 5. The van der Waals surface area contributed by atoms with Crippen LogP contribution >= 0.6 is 39.0 Å². The summed E-state index contributed by atoms with van der Waals surface area (Å²) in [5.41, 5.74) is 4.27. The number of thioether (sulfide) groups is 1. The van der Waals surface area contributed by atoms with Crippen LogP contribution in [0.15, 0.2) is 63.5 Å². The Labute approximate surface area is 178 Å². The van der Waals surface area contributed by atoms with Crippen molar-refractivity contribution in [2.75, 3.05) is 0 Å². The molecule has 0 aliphatic heterocycles. The number of imidazole rings is 2. The Bertz CT molecular complexity index is 1240. The highest BCUT2D eigenvalue weighted by atomic mass is 79.9. The fourth-order valence-corrected chi connectivity index (χ4v) is 5.35. The minimum atomic E-state index is 0.790. The van der Waals surface area contributed by atoms with Gasteiger partial charge >= 0.3 is 0 Å². The van der Waals surface area contributed by atoms with Gasteiger partial charge in [0.05, 0.1) is 28.7 Å². The smallest absolute Gasteiger partial charge is 0.213 e. The summed E-state index contributed by atoms with van der Waals surface area (Å²) in [6.45, 7) is 3.07. The standard InChI is InChI=1S/C20H16BrN5S2/c1-2-25-17-6-4-3-5-15(17)22-18(25)12-27-20-24-26-11-16(23-19(26)28-20)13-7-9-14(21)10-8-13/h3-11H,2,12H2,1H3. The van der Waals surface area contributed by atoms with E-state index in [2.05, 4.69) is 57.8 Å². The first-order chi connectivity index (χ1) is 13.7. The van der Waals surface area contributed by atoms with Crippen molar-refractivity contribution in [2.24, 2.45) is 0 Å². The van der Waals surface area contributed by atoms with Gasteiger partial charge < -0.3 is 4.57 Å². The lowest BCUT2D eigenvalue weighted by atomic mass is 10.2. The zero-order valence-corrected chi connectivity index (χ0v) is 18.3. The van der Waals surface area contributed by atoms with Crippen LogP contribution in [-0.4, -0.2) is 24.1 Å². The highest BCUT2D eigenvalue weighted by molar-refractivity contribution is 9.10. The first kappa shape index (κ1) is 17.9. The van der Waals surface area contributed by atoms with Crippen LogP contribution in [0.2, 0.25) is 0 Å². The molecule has 28 heavy (non-hydrogen) atoms. The summed E-state index contributed by atoms with van der Waals surface area (Å²) in [5, 5.41) is 4.69. The molecule has 5 aromatic rings. The quantitative estimate of drug-likeness (QED) is 0.301. The third-order valence-corrected chi connectivity index (χ3v) is 7.12. The highest BCUT2D eigenvalue weighted by Gasteiger charge is 2.13. The van der Waals surface area contributed by atoms with Crippen LogP contribution in [-0.2, 0) is 12.3 Å². The number of para-hydroxylation sites is 2. The minimum absolute atomic E-state index is 0.790. The summed E-state index contributed by atoms with van der Waals surface area (Å²) in [7, 11) is 0. The van der Waals surface area contributed by atoms with E-state index in [4.69, 9.17) is 15.1 Å². The molecule has 0 radical (unpaired) electrons. The number of rotatable bonds is 5. The first-order valence-corrected chi connectivity index (χ1v) is 11.5. The number of fused-ring (bicyclic) bond motifs is 2. The topological polar surface area (TPSA) is 48.0 Å². The molecule has 0 aliphatic carbocycles. The normalized spacial score (nSPS) is 11.6. The minimum Gasteiger partial charge on any atom is -0.328 e. The van der Waals surface area contributed by atoms with Gasteiger partial charge in [0.1, 0.15) is 5.82 Å². The van der Waals surface area contributed by atoms with Crippen molar-refractivity contribution in [3.05, 3.63) is 65.0 Å². The third kappa shape index (κ3) is 3.25. The highest BCUT2D eigenvalue weighted by Crippen LogP contribution is 2.30. The second kappa shape index (κ2) is 7.35. The molecular weight excluding hydrogens is 454 g/mol. The molecule has 8 heteroatoms. The lowest BCUT2D eigenvalue weighted by Crippen LogP contribution is -2.00. The van der Waals surface area contributed by atoms with Gasteiger partial charge in [0.15, 0.2) is 4.34 Å². The maximum absolute atomic E-state index is 4.79. The molecule has 3 heterocycles. The third-order valence-electron chi connectivity index (χ3n) is 4.54. The van der Waals surface area contributed by atoms with Crippen LogP contribution in [0, 0.1) is 0 Å². The van der Waals surface area contributed by atoms with E-state index in [9.17, 15) is 0 Å². The molecule has 0 atom stereocenters. The number of benzene rings is 2. The molecule has 0 aliphatic rings. The van der Waals surface area contributed by atoms with Gasteiger partial charge in [0.25, 0.3) is 0 Å². The average Bonchev–Trinajstić information content (AvgIpc) is 3.37. The van der Waals surface area contributed by atoms with Crippen molar-refractivity contribution in [3.63, 3.8) is 0 Å². The zero-order valence-electron chi connectivity index (χ0n) is 15.0. The zero-order chi connectivity index (χ0) is 19.1. The van der Waals surface area contributed by atoms with E-state index in [1.54, 1.807) is 23.1 Å². The maximum Gasteiger partial charge on any atom is 0.213 e. The van der Waals surface area contributed by atoms with Crippen molar-refractivity contribution < 1.29 is 0 Å². The molecule has 0 N–H and O–H groups in total. The lowest BCUT2D eigenvalue weighted by molar-refractivity contribution is 0.748. The van der Waals surface area contributed by atoms with Gasteiger partial charge in [-0.1, -0.05) is 63.3 Å². The summed E-state index contributed by atoms with van der Waals surface area (Å²) in [4.78, 5) is 10.4. The van der Waals surface area contributed by atoms with Crippen molar-refractivity contribution >= 4 is 55.0 Å². The van der Waals surface area contributed by atoms with E-state index in [1.807, 2.05) is 28.9 Å². The van der Waals surface area contributed by atoms with Crippen LogP contribution in [0.4, 0.5) is 0 Å². The largest absolute Gasteiger partial charge is 0.328 e. The Morgan fingerprint density at radius 1 is 1.07 bits per heavy atom. The predicted molar refractivity (Wildman–Crippen MR) is 119 cm³/mol. The van der Waals surface area contributed by atoms with Crippen LogP contribution in [0.3, 0.4) is 0 Å². The van der Waals surface area contributed by atoms with Gasteiger partial charge in [-0.15, -0.1) is 5.10 Å². The van der Waals surface area contributed by atoms with E-state index in [0.29, 0.717) is 0 Å². The molecule has 0 fully saturated rings. The molecule has 0 spiro atoms. The van der Waals surface area contributed by atoms with Crippen molar-refractivity contribution in [3.8, 4) is 11.3 Å². The van der Waals surface area contributed by atoms with Crippen LogP contribution < -0.4 is 0 Å². The van der Waals surface area contributed by atoms with Crippen LogP contribution in [0.1, 0.15) is 12.7 Å². The Kier molecular flexibility index (Phi) is 4.70. The molecule has 140 valence electrons. The maximum atomic E-state index is 4.79. The molecule has 2 aromatic carbocycles. The Balaban J connectivity index is 1.37. The SMILES string of the molecule is CCn1c(CSc2nn3cc(-c4ccc(Br)cc4)nc3s2)nc2ccccc21. The number of hydrogen-bond donors (Lipinski definition) is 0. The van der Waals surface area contributed by atoms with Crippen LogP contribution in [0.5, 0.6) is 0 Å². The molecule has 5 nitrogen and oxygen atoms in total. The van der Waals surface area contributed by atoms with Gasteiger partial charge in [-0.2, -0.15) is 0 Å². The second-order valence-electron chi connectivity index (χ2n) is 6.28. The number of nitrogens with zero attached hydrogens (tertiary/aromatic N) is 5. The summed E-state index contributed by atoms with van der Waals surface area (Å²) >= 11 is 6.79. The van der Waals surface area contributed by atoms with E-state index >= 15 is 0 Å². The van der Waals surface area contributed by atoms with E-state index in [0.717, 1.165) is 48.7 Å². The molecular formula is C20H16BrN5S2. The van der Waals surface area contributed by atoms with Gasteiger partial charge in [-0.3, -0.25) is 0 Å². The Morgan fingerprint density at radius 3 is 2.68 bits per heavy atom. The number of hydrogen-bond acceptors (Lipinski definition) is 5. The van der Waals surface area contributed by atoms with Crippen LogP contribution in [0.25, 0.3) is 27.3 Å². The van der Waals surface area contributed by atoms with E-state index < -0.39 is 0 Å². The fraction of sp³-hybridized carbons (Fsp3) is 0.150. The first-order valence-electron chi connectivity index (χ1n) is 8.90. The van der Waals surface area contributed by atoms with Gasteiger partial charge in [0.2, 0.25) is 4.96 Å². The summed E-state index contributed by atoms with van der Waals surface area (Å²) in [5.74, 6) is 1.87. The predicted octanol–water partition coefficient (Wildman–Crippen LogP) is 5.88. The van der Waals surface area contributed by atoms with Gasteiger partial charge in [-0.05, 0) is 31.2 Å². The average molecular weight is 470 g/mol.